The predicted octanol–water partition coefficient (Wildman–Crippen LogP) is 1.03. The first-order valence-corrected chi connectivity index (χ1v) is 10.1. The number of piperidine rings is 2. The lowest BCUT2D eigenvalue weighted by molar-refractivity contribution is -0.127. The van der Waals surface area contributed by atoms with Gasteiger partial charge in [-0.3, -0.25) is 9.69 Å². The van der Waals surface area contributed by atoms with Crippen molar-refractivity contribution in [3.05, 3.63) is 6.07 Å². The second kappa shape index (κ2) is 7.88. The number of amides is 1. The minimum Gasteiger partial charge on any atom is -0.481 e. The second-order valence-corrected chi connectivity index (χ2v) is 7.96. The number of hydrogen-bond donors (Lipinski definition) is 2. The third kappa shape index (κ3) is 4.43. The van der Waals surface area contributed by atoms with Crippen molar-refractivity contribution in [2.45, 2.75) is 50.6 Å². The first-order valence-electron chi connectivity index (χ1n) is 10.1. The Hall–Kier alpha value is -2.09. The van der Waals surface area contributed by atoms with Gasteiger partial charge in [0.05, 0.1) is 13.0 Å². The van der Waals surface area contributed by atoms with E-state index < -0.39 is 0 Å². The van der Waals surface area contributed by atoms with Crippen LogP contribution in [0.3, 0.4) is 0 Å². The van der Waals surface area contributed by atoms with E-state index in [4.69, 9.17) is 10.5 Å². The van der Waals surface area contributed by atoms with Gasteiger partial charge >= 0.3 is 0 Å². The second-order valence-electron chi connectivity index (χ2n) is 7.96. The van der Waals surface area contributed by atoms with Gasteiger partial charge in [-0.25, -0.2) is 0 Å². The van der Waals surface area contributed by atoms with Crippen molar-refractivity contribution in [2.75, 3.05) is 43.9 Å². The Bertz CT molecular complexity index is 672. The lowest BCUT2D eigenvalue weighted by atomic mass is 9.93. The molecule has 1 saturated carbocycles. The Morgan fingerprint density at radius 1 is 1.19 bits per heavy atom. The van der Waals surface area contributed by atoms with E-state index in [-0.39, 0.29) is 17.8 Å². The minimum absolute atomic E-state index is 0.156. The third-order valence-electron chi connectivity index (χ3n) is 5.97. The number of methoxy groups -OCH3 is 1. The number of likely N-dealkylation sites (tertiary alicyclic amines) is 1. The number of nitrogens with one attached hydrogen (secondary N) is 1. The number of anilines is 2. The summed E-state index contributed by atoms with van der Waals surface area (Å²) in [7, 11) is 1.59. The van der Waals surface area contributed by atoms with E-state index >= 15 is 0 Å². The first kappa shape index (κ1) is 18.3. The summed E-state index contributed by atoms with van der Waals surface area (Å²) in [5.74, 6) is 2.00. The first-order chi connectivity index (χ1) is 13.1. The summed E-state index contributed by atoms with van der Waals surface area (Å²) in [5, 5.41) is 3.18. The van der Waals surface area contributed by atoms with Gasteiger partial charge in [0.1, 0.15) is 5.82 Å². The molecule has 8 nitrogen and oxygen atoms in total. The molecule has 4 rings (SSSR count). The van der Waals surface area contributed by atoms with Crippen LogP contribution in [-0.4, -0.2) is 66.1 Å². The average Bonchev–Trinajstić information content (AvgIpc) is 3.51. The number of hydrogen-bond acceptors (Lipinski definition) is 7. The van der Waals surface area contributed by atoms with Crippen LogP contribution in [0.1, 0.15) is 38.5 Å². The monoisotopic (exact) mass is 374 g/mol. The van der Waals surface area contributed by atoms with E-state index in [2.05, 4.69) is 25.1 Å². The van der Waals surface area contributed by atoms with Crippen LogP contribution in [0.2, 0.25) is 0 Å². The van der Waals surface area contributed by atoms with Crippen LogP contribution in [0.5, 0.6) is 5.88 Å². The number of nitrogens with zero attached hydrogens (tertiary/aromatic N) is 4. The molecule has 0 aromatic carbocycles. The smallest absolute Gasteiger partial charge is 0.225 e. The van der Waals surface area contributed by atoms with Crippen molar-refractivity contribution in [3.8, 4) is 5.88 Å². The molecule has 3 N–H and O–H groups in total. The number of rotatable bonds is 5. The maximum Gasteiger partial charge on any atom is 0.225 e. The van der Waals surface area contributed by atoms with E-state index in [1.165, 1.54) is 0 Å². The van der Waals surface area contributed by atoms with Gasteiger partial charge < -0.3 is 20.7 Å². The normalized spacial score (nSPS) is 24.6. The zero-order chi connectivity index (χ0) is 18.8. The molecule has 1 aromatic rings. The predicted molar refractivity (Wildman–Crippen MR) is 104 cm³/mol. The molecule has 3 fully saturated rings. The third-order valence-corrected chi connectivity index (χ3v) is 5.97. The quantitative estimate of drug-likeness (QED) is 0.794. The van der Waals surface area contributed by atoms with Gasteiger partial charge in [-0.1, -0.05) is 0 Å². The minimum atomic E-state index is 0.156. The average molecular weight is 374 g/mol. The van der Waals surface area contributed by atoms with Crippen molar-refractivity contribution >= 4 is 17.7 Å². The van der Waals surface area contributed by atoms with Crippen LogP contribution in [0.25, 0.3) is 0 Å². The zero-order valence-corrected chi connectivity index (χ0v) is 16.1. The van der Waals surface area contributed by atoms with Gasteiger partial charge in [-0.2, -0.15) is 9.97 Å². The Morgan fingerprint density at radius 3 is 2.67 bits per heavy atom. The summed E-state index contributed by atoms with van der Waals surface area (Å²) >= 11 is 0. The highest BCUT2D eigenvalue weighted by Crippen LogP contribution is 2.28. The number of nitrogens with two attached hydrogens (primary N) is 1. The Morgan fingerprint density at radius 2 is 1.96 bits per heavy atom. The summed E-state index contributed by atoms with van der Waals surface area (Å²) in [5.41, 5.74) is 5.79. The van der Waals surface area contributed by atoms with E-state index in [0.29, 0.717) is 18.0 Å². The van der Waals surface area contributed by atoms with E-state index in [0.717, 1.165) is 70.5 Å². The highest BCUT2D eigenvalue weighted by molar-refractivity contribution is 5.79. The van der Waals surface area contributed by atoms with Crippen molar-refractivity contribution in [1.82, 2.24) is 20.2 Å². The molecule has 2 aliphatic heterocycles. The fourth-order valence-corrected chi connectivity index (χ4v) is 4.26. The number of carbonyl (C=O) groups is 1. The van der Waals surface area contributed by atoms with E-state index in [1.807, 2.05) is 6.07 Å². The number of ether oxygens (including phenoxy) is 1. The standard InChI is InChI=1S/C19H30N6O2/c1-27-17-11-16(22-19(20)23-17)24-9-6-15(7-10-24)25-8-2-3-13(12-25)18(26)21-14-4-5-14/h11,13-15H,2-10,12H2,1H3,(H,21,26)(H2,20,22,23)/t13-/m1/s1. The van der Waals surface area contributed by atoms with Crippen LogP contribution < -0.4 is 20.7 Å². The molecule has 0 unspecified atom stereocenters. The number of nitrogen functional groups attached to an aromatic ring is 1. The molecule has 0 spiro atoms. The molecule has 8 heteroatoms. The molecule has 2 saturated heterocycles. The highest BCUT2D eigenvalue weighted by Gasteiger charge is 2.34. The lowest BCUT2D eigenvalue weighted by Crippen LogP contribution is -2.51. The molecule has 0 radical (unpaired) electrons. The summed E-state index contributed by atoms with van der Waals surface area (Å²) in [6.45, 7) is 3.86. The van der Waals surface area contributed by atoms with Gasteiger partial charge in [0.2, 0.25) is 17.7 Å². The number of aromatic nitrogens is 2. The highest BCUT2D eigenvalue weighted by atomic mass is 16.5. The summed E-state index contributed by atoms with van der Waals surface area (Å²) in [6, 6.07) is 2.84. The van der Waals surface area contributed by atoms with Crippen LogP contribution in [-0.2, 0) is 4.79 Å². The fourth-order valence-electron chi connectivity index (χ4n) is 4.26. The van der Waals surface area contributed by atoms with Crippen molar-refractivity contribution in [1.29, 1.82) is 0 Å². The Labute approximate surface area is 160 Å². The van der Waals surface area contributed by atoms with E-state index in [9.17, 15) is 4.79 Å². The largest absolute Gasteiger partial charge is 0.481 e. The van der Waals surface area contributed by atoms with Crippen molar-refractivity contribution < 1.29 is 9.53 Å². The van der Waals surface area contributed by atoms with Gasteiger partial charge in [0, 0.05) is 37.8 Å². The maximum absolute atomic E-state index is 12.4. The molecule has 3 heterocycles. The van der Waals surface area contributed by atoms with Gasteiger partial charge in [-0.05, 0) is 45.1 Å². The van der Waals surface area contributed by atoms with Gasteiger partial charge in [-0.15, -0.1) is 0 Å². The number of carbonyl (C=O) groups excluding carboxylic acids is 1. The van der Waals surface area contributed by atoms with Crippen molar-refractivity contribution in [3.63, 3.8) is 0 Å². The summed E-state index contributed by atoms with van der Waals surface area (Å²) in [4.78, 5) is 25.6. The molecule has 0 bridgehead atoms. The summed E-state index contributed by atoms with van der Waals surface area (Å²) < 4.78 is 5.20. The van der Waals surface area contributed by atoms with Gasteiger partial charge in [0.25, 0.3) is 0 Å². The van der Waals surface area contributed by atoms with Crippen LogP contribution in [0.15, 0.2) is 6.07 Å². The lowest BCUT2D eigenvalue weighted by Gasteiger charge is -2.42. The Kier molecular flexibility index (Phi) is 5.33. The molecule has 3 aliphatic rings. The SMILES string of the molecule is COc1cc(N2CCC(N3CCC[C@@H](C(=O)NC4CC4)C3)CC2)nc(N)n1. The zero-order valence-electron chi connectivity index (χ0n) is 16.1. The van der Waals surface area contributed by atoms with Crippen LogP contribution >= 0.6 is 0 Å². The topological polar surface area (TPSA) is 96.6 Å². The maximum atomic E-state index is 12.4. The molecule has 1 aliphatic carbocycles. The summed E-state index contributed by atoms with van der Waals surface area (Å²) in [6.07, 6.45) is 6.58. The van der Waals surface area contributed by atoms with Crippen LogP contribution in [0.4, 0.5) is 11.8 Å². The molecule has 1 atom stereocenters. The van der Waals surface area contributed by atoms with Crippen LogP contribution in [0, 0.1) is 5.92 Å². The molecule has 1 amide bonds. The molecule has 27 heavy (non-hydrogen) atoms. The Balaban J connectivity index is 1.32. The molecular weight excluding hydrogens is 344 g/mol. The fraction of sp³-hybridized carbons (Fsp3) is 0.737. The molecule has 148 valence electrons. The van der Waals surface area contributed by atoms with E-state index in [1.54, 1.807) is 7.11 Å². The molecular formula is C19H30N6O2. The molecule has 1 aromatic heterocycles. The van der Waals surface area contributed by atoms with Gasteiger partial charge in [0.15, 0.2) is 0 Å². The van der Waals surface area contributed by atoms with Crippen molar-refractivity contribution in [2.24, 2.45) is 5.92 Å².